The molecule has 28 heavy (non-hydrogen) atoms. The second-order valence-corrected chi connectivity index (χ2v) is 6.04. The average molecular weight is 414 g/mol. The van der Waals surface area contributed by atoms with Crippen molar-refractivity contribution in [3.63, 3.8) is 0 Å². The number of carbonyl (C=O) groups excluding carboxylic acids is 1. The average Bonchev–Trinajstić information content (AvgIpc) is 2.65. The minimum atomic E-state index is -4.73. The first kappa shape index (κ1) is 21.3. The zero-order valence-corrected chi connectivity index (χ0v) is 15.4. The molecule has 0 unspecified atom stereocenters. The molecule has 0 N–H and O–H groups in total. The maximum Gasteiger partial charge on any atom is 0.417 e. The van der Waals surface area contributed by atoms with Gasteiger partial charge in [0.05, 0.1) is 30.9 Å². The molecular formula is C18H15ClF3N3O3. The molecule has 0 aliphatic rings. The number of anilines is 1. The lowest BCUT2D eigenvalue weighted by atomic mass is 10.2. The molecule has 0 fully saturated rings. The van der Waals surface area contributed by atoms with Gasteiger partial charge in [-0.05, 0) is 18.2 Å². The summed E-state index contributed by atoms with van der Waals surface area (Å²) in [5, 5.41) is 8.20. The molecule has 0 aliphatic heterocycles. The van der Waals surface area contributed by atoms with Crippen LogP contribution in [-0.2, 0) is 17.5 Å². The van der Waals surface area contributed by atoms with Gasteiger partial charge in [-0.2, -0.15) is 18.4 Å². The van der Waals surface area contributed by atoms with Crippen LogP contribution in [0.2, 0.25) is 5.02 Å². The molecule has 148 valence electrons. The van der Waals surface area contributed by atoms with Crippen molar-refractivity contribution in [1.82, 2.24) is 4.57 Å². The van der Waals surface area contributed by atoms with E-state index in [1.54, 1.807) is 24.3 Å². The first-order valence-corrected chi connectivity index (χ1v) is 8.34. The van der Waals surface area contributed by atoms with Gasteiger partial charge in [-0.1, -0.05) is 23.7 Å². The molecule has 6 nitrogen and oxygen atoms in total. The Morgan fingerprint density at radius 3 is 2.64 bits per heavy atom. The fourth-order valence-electron chi connectivity index (χ4n) is 2.50. The number of methoxy groups -OCH3 is 1. The number of hydrogen-bond acceptors (Lipinski definition) is 4. The molecule has 1 aromatic heterocycles. The van der Waals surface area contributed by atoms with Crippen LogP contribution >= 0.6 is 11.6 Å². The standard InChI is InChI=1S/C18H15ClF3N3O3/c1-28-15-6-3-2-5-14(15)25(8-4-7-23)16(26)11-24-10-12(18(20,21)22)9-13(19)17(24)27/h2-3,5-6,9-10H,4,8,11H2,1H3. The van der Waals surface area contributed by atoms with Gasteiger partial charge in [0.25, 0.3) is 5.56 Å². The van der Waals surface area contributed by atoms with E-state index < -0.39 is 34.8 Å². The van der Waals surface area contributed by atoms with Gasteiger partial charge in [-0.3, -0.25) is 9.59 Å². The number of amides is 1. The van der Waals surface area contributed by atoms with Crippen LogP contribution in [0.25, 0.3) is 0 Å². The normalized spacial score (nSPS) is 11.0. The summed E-state index contributed by atoms with van der Waals surface area (Å²) in [6.07, 6.45) is -4.22. The minimum absolute atomic E-state index is 0.0258. The third kappa shape index (κ3) is 4.84. The Hall–Kier alpha value is -2.99. The highest BCUT2D eigenvalue weighted by Crippen LogP contribution is 2.30. The Kier molecular flexibility index (Phi) is 6.70. The molecule has 0 saturated carbocycles. The summed E-state index contributed by atoms with van der Waals surface area (Å²) < 4.78 is 44.7. The number of ether oxygens (including phenoxy) is 1. The maximum atomic E-state index is 13.0. The molecule has 2 aromatic rings. The number of rotatable bonds is 6. The van der Waals surface area contributed by atoms with Gasteiger partial charge >= 0.3 is 6.18 Å². The number of nitrogens with zero attached hydrogens (tertiary/aromatic N) is 3. The molecule has 1 aromatic carbocycles. The summed E-state index contributed by atoms with van der Waals surface area (Å²) in [6.45, 7) is -0.719. The SMILES string of the molecule is COc1ccccc1N(CCC#N)C(=O)Cn1cc(C(F)(F)F)cc(Cl)c1=O. The van der Waals surface area contributed by atoms with Crippen LogP contribution in [0.4, 0.5) is 18.9 Å². The van der Waals surface area contributed by atoms with E-state index in [2.05, 4.69) is 0 Å². The predicted octanol–water partition coefficient (Wildman–Crippen LogP) is 3.48. The van der Waals surface area contributed by atoms with Crippen LogP contribution in [-0.4, -0.2) is 24.1 Å². The molecule has 0 saturated heterocycles. The van der Waals surface area contributed by atoms with E-state index >= 15 is 0 Å². The Morgan fingerprint density at radius 2 is 2.04 bits per heavy atom. The number of pyridine rings is 1. The van der Waals surface area contributed by atoms with Crippen LogP contribution < -0.4 is 15.2 Å². The second kappa shape index (κ2) is 8.80. The van der Waals surface area contributed by atoms with Gasteiger partial charge in [-0.25, -0.2) is 0 Å². The molecule has 0 atom stereocenters. The molecule has 1 amide bonds. The minimum Gasteiger partial charge on any atom is -0.495 e. The van der Waals surface area contributed by atoms with Crippen molar-refractivity contribution in [3.8, 4) is 11.8 Å². The molecular weight excluding hydrogens is 399 g/mol. The number of aromatic nitrogens is 1. The Bertz CT molecular complexity index is 967. The third-order valence-electron chi connectivity index (χ3n) is 3.80. The number of halogens is 4. The van der Waals surface area contributed by atoms with Gasteiger partial charge in [0.2, 0.25) is 5.91 Å². The van der Waals surface area contributed by atoms with Gasteiger partial charge in [-0.15, -0.1) is 0 Å². The molecule has 1 heterocycles. The van der Waals surface area contributed by atoms with E-state index in [1.165, 1.54) is 12.0 Å². The van der Waals surface area contributed by atoms with Gasteiger partial charge < -0.3 is 14.2 Å². The lowest BCUT2D eigenvalue weighted by molar-refractivity contribution is -0.138. The van der Waals surface area contributed by atoms with Crippen molar-refractivity contribution in [2.45, 2.75) is 19.1 Å². The lowest BCUT2D eigenvalue weighted by Gasteiger charge is -2.24. The number of benzene rings is 1. The van der Waals surface area contributed by atoms with E-state index in [4.69, 9.17) is 21.6 Å². The first-order valence-electron chi connectivity index (χ1n) is 7.96. The second-order valence-electron chi connectivity index (χ2n) is 5.63. The van der Waals surface area contributed by atoms with Crippen LogP contribution in [0.15, 0.2) is 41.3 Å². The van der Waals surface area contributed by atoms with Crippen LogP contribution in [0, 0.1) is 11.3 Å². The Morgan fingerprint density at radius 1 is 1.36 bits per heavy atom. The summed E-state index contributed by atoms with van der Waals surface area (Å²) in [5.74, 6) is -0.361. The molecule has 0 spiro atoms. The number of hydrogen-bond donors (Lipinski definition) is 0. The van der Waals surface area contributed by atoms with E-state index in [0.717, 1.165) is 0 Å². The van der Waals surface area contributed by atoms with Crippen molar-refractivity contribution in [1.29, 1.82) is 5.26 Å². The Labute approximate surface area is 163 Å². The largest absolute Gasteiger partial charge is 0.495 e. The van der Waals surface area contributed by atoms with Gasteiger partial charge in [0.15, 0.2) is 0 Å². The molecule has 10 heteroatoms. The molecule has 0 aliphatic carbocycles. The smallest absolute Gasteiger partial charge is 0.417 e. The van der Waals surface area contributed by atoms with Crippen molar-refractivity contribution in [3.05, 3.63) is 57.5 Å². The summed E-state index contributed by atoms with van der Waals surface area (Å²) in [7, 11) is 1.39. The summed E-state index contributed by atoms with van der Waals surface area (Å²) >= 11 is 5.62. The van der Waals surface area contributed by atoms with Crippen molar-refractivity contribution in [2.24, 2.45) is 0 Å². The van der Waals surface area contributed by atoms with Crippen molar-refractivity contribution < 1.29 is 22.7 Å². The van der Waals surface area contributed by atoms with Crippen LogP contribution in [0.1, 0.15) is 12.0 Å². The van der Waals surface area contributed by atoms with Crippen molar-refractivity contribution in [2.75, 3.05) is 18.6 Å². The fourth-order valence-corrected chi connectivity index (χ4v) is 2.72. The predicted molar refractivity (Wildman–Crippen MR) is 96.3 cm³/mol. The highest BCUT2D eigenvalue weighted by atomic mass is 35.5. The number of carbonyl (C=O) groups is 1. The van der Waals surface area contributed by atoms with Crippen LogP contribution in [0.3, 0.4) is 0 Å². The number of alkyl halides is 3. The lowest BCUT2D eigenvalue weighted by Crippen LogP contribution is -2.37. The van der Waals surface area contributed by atoms with E-state index in [0.29, 0.717) is 28.3 Å². The van der Waals surface area contributed by atoms with Crippen LogP contribution in [0.5, 0.6) is 5.75 Å². The fraction of sp³-hybridized carbons (Fsp3) is 0.278. The summed E-state index contributed by atoms with van der Waals surface area (Å²) in [5.41, 5.74) is -1.74. The molecule has 2 rings (SSSR count). The zero-order chi connectivity index (χ0) is 20.9. The Balaban J connectivity index is 2.43. The monoisotopic (exact) mass is 413 g/mol. The summed E-state index contributed by atoms with van der Waals surface area (Å²) in [6, 6.07) is 8.88. The number of nitriles is 1. The zero-order valence-electron chi connectivity index (χ0n) is 14.7. The summed E-state index contributed by atoms with van der Waals surface area (Å²) in [4.78, 5) is 26.1. The molecule has 0 bridgehead atoms. The highest BCUT2D eigenvalue weighted by Gasteiger charge is 2.32. The highest BCUT2D eigenvalue weighted by molar-refractivity contribution is 6.30. The first-order chi connectivity index (χ1) is 13.2. The third-order valence-corrected chi connectivity index (χ3v) is 4.07. The van der Waals surface area contributed by atoms with Crippen molar-refractivity contribution >= 4 is 23.2 Å². The van der Waals surface area contributed by atoms with Gasteiger partial charge in [0.1, 0.15) is 17.3 Å². The quantitative estimate of drug-likeness (QED) is 0.726. The van der Waals surface area contributed by atoms with E-state index in [1.807, 2.05) is 6.07 Å². The van der Waals surface area contributed by atoms with E-state index in [9.17, 15) is 22.8 Å². The topological polar surface area (TPSA) is 75.3 Å². The number of para-hydroxylation sites is 2. The van der Waals surface area contributed by atoms with Gasteiger partial charge in [0, 0.05) is 12.7 Å². The maximum absolute atomic E-state index is 13.0. The molecule has 0 radical (unpaired) electrons. The van der Waals surface area contributed by atoms with E-state index in [-0.39, 0.29) is 13.0 Å².